The molecule has 2 amide bonds. The number of piperazine rings is 2. The minimum Gasteiger partial charge on any atom is -0.451 e. The van der Waals surface area contributed by atoms with E-state index in [4.69, 9.17) is 20.3 Å². The summed E-state index contributed by atoms with van der Waals surface area (Å²) in [6, 6.07) is 32.3. The van der Waals surface area contributed by atoms with Crippen molar-refractivity contribution in [2.24, 2.45) is 11.5 Å². The fraction of sp³-hybridized carbons (Fsp3) is 0.308. The van der Waals surface area contributed by atoms with Crippen molar-refractivity contribution in [3.63, 3.8) is 0 Å². The first-order chi connectivity index (χ1) is 32.2. The molecular weight excluding hydrogens is 948 g/mol. The number of benzene rings is 4. The van der Waals surface area contributed by atoms with Gasteiger partial charge < -0.3 is 57.3 Å². The van der Waals surface area contributed by atoms with Crippen LogP contribution in [0.2, 0.25) is 0 Å². The van der Waals surface area contributed by atoms with Crippen molar-refractivity contribution in [2.45, 2.75) is 50.6 Å². The van der Waals surface area contributed by atoms with E-state index >= 15 is 0 Å². The number of furan rings is 2. The largest absolute Gasteiger partial charge is 0.451 e. The van der Waals surface area contributed by atoms with E-state index in [1.165, 1.54) is 22.3 Å². The molecule has 0 saturated carbocycles. The lowest BCUT2D eigenvalue weighted by Gasteiger charge is -2.36. The monoisotopic (exact) mass is 1010 g/mol. The average molecular weight is 1010 g/mol. The highest BCUT2D eigenvalue weighted by atomic mass is 35.5. The number of hydrogen-bond donors (Lipinski definition) is 6. The zero-order valence-corrected chi connectivity index (χ0v) is 40.8. The van der Waals surface area contributed by atoms with E-state index in [1.807, 2.05) is 48.5 Å². The summed E-state index contributed by atoms with van der Waals surface area (Å²) >= 11 is 0. The van der Waals surface area contributed by atoms with E-state index in [0.717, 1.165) is 123 Å². The maximum absolute atomic E-state index is 11.4. The van der Waals surface area contributed by atoms with Gasteiger partial charge in [-0.25, -0.2) is 0 Å². The minimum absolute atomic E-state index is 0. The van der Waals surface area contributed by atoms with Crippen LogP contribution in [0, 0.1) is 22.7 Å². The SMILES string of the molecule is Cl.Cl.N#Cc1ccc2[nH]cc(CCCCN3CCNCC3c3ccc4oc(C(N)=O)cc4c3)c2c1.N#Cc1ccc2[nH]cc(CCCCN3CCNCC3c3ccc4oc(C(N)=O)cc4c3)c2c1.O.O.O. The quantitative estimate of drug-likeness (QED) is 0.0682. The van der Waals surface area contributed by atoms with Crippen molar-refractivity contribution >= 4 is 80.4 Å². The van der Waals surface area contributed by atoms with Gasteiger partial charge in [-0.1, -0.05) is 12.1 Å². The van der Waals surface area contributed by atoms with Gasteiger partial charge in [0, 0.05) is 96.3 Å². The summed E-state index contributed by atoms with van der Waals surface area (Å²) in [4.78, 5) is 34.6. The van der Waals surface area contributed by atoms with Crippen molar-refractivity contribution in [1.82, 2.24) is 30.4 Å². The number of nitriles is 2. The maximum Gasteiger partial charge on any atom is 0.284 e. The van der Waals surface area contributed by atoms with Crippen molar-refractivity contribution < 1.29 is 34.9 Å². The van der Waals surface area contributed by atoms with Crippen LogP contribution in [-0.4, -0.2) is 100 Å². The van der Waals surface area contributed by atoms with Crippen molar-refractivity contribution in [1.29, 1.82) is 10.5 Å². The number of nitrogens with zero attached hydrogens (tertiary/aromatic N) is 4. The molecular formula is C52H62Cl2N10O7. The Morgan fingerprint density at radius 1 is 0.592 bits per heavy atom. The molecule has 10 rings (SSSR count). The standard InChI is InChI=1S/2C26H27N5O2.2ClH.3H2O/c2*27-14-17-4-6-22-21(11-17)19(15-30-22)3-1-2-9-31-10-8-29-16-23(31)18-5-7-24-20(12-18)13-25(33-24)26(28)32;;;;;/h2*4-7,11-13,15,23,29-30H,1-3,8-10,16H2,(H2,28,32);2*1H;3*1H2. The lowest BCUT2D eigenvalue weighted by atomic mass is 10.0. The molecule has 2 aliphatic heterocycles. The van der Waals surface area contributed by atoms with E-state index in [0.29, 0.717) is 22.3 Å². The first kappa shape index (κ1) is 56.8. The summed E-state index contributed by atoms with van der Waals surface area (Å²) in [5.41, 5.74) is 20.6. The molecule has 0 bridgehead atoms. The number of nitrogens with two attached hydrogens (primary N) is 2. The molecule has 19 heteroatoms. The summed E-state index contributed by atoms with van der Waals surface area (Å²) in [6.07, 6.45) is 10.5. The predicted molar refractivity (Wildman–Crippen MR) is 281 cm³/mol. The van der Waals surface area contributed by atoms with Crippen LogP contribution in [0.3, 0.4) is 0 Å². The number of aromatic amines is 2. The average Bonchev–Trinajstić information content (AvgIpc) is 4.16. The van der Waals surface area contributed by atoms with Gasteiger partial charge in [-0.2, -0.15) is 10.5 Å². The van der Waals surface area contributed by atoms with Gasteiger partial charge in [0.2, 0.25) is 0 Å². The van der Waals surface area contributed by atoms with Crippen LogP contribution < -0.4 is 22.1 Å². The number of fused-ring (bicyclic) bond motifs is 4. The molecule has 71 heavy (non-hydrogen) atoms. The molecule has 4 aromatic carbocycles. The molecule has 17 nitrogen and oxygen atoms in total. The molecule has 4 aromatic heterocycles. The number of nitrogens with one attached hydrogen (secondary N) is 4. The lowest BCUT2D eigenvalue weighted by molar-refractivity contribution is 0.0968. The van der Waals surface area contributed by atoms with Crippen LogP contribution in [0.1, 0.15) is 92.3 Å². The number of carbonyl (C=O) groups excluding carboxylic acids is 2. The minimum atomic E-state index is -0.548. The Hall–Kier alpha value is -6.74. The highest BCUT2D eigenvalue weighted by Gasteiger charge is 2.26. The third kappa shape index (κ3) is 13.0. The molecule has 8 aromatic rings. The van der Waals surface area contributed by atoms with Crippen LogP contribution in [-0.2, 0) is 12.8 Å². The molecule has 376 valence electrons. The van der Waals surface area contributed by atoms with Crippen molar-refractivity contribution in [3.05, 3.63) is 142 Å². The molecule has 2 unspecified atom stereocenters. The highest BCUT2D eigenvalue weighted by molar-refractivity contribution is 5.96. The Balaban J connectivity index is 0.000000288. The summed E-state index contributed by atoms with van der Waals surface area (Å²) in [5, 5.41) is 29.5. The third-order valence-corrected chi connectivity index (χ3v) is 13.1. The number of aromatic nitrogens is 2. The number of amides is 2. The number of primary amides is 2. The first-order valence-corrected chi connectivity index (χ1v) is 22.8. The zero-order chi connectivity index (χ0) is 45.6. The fourth-order valence-electron chi connectivity index (χ4n) is 9.64. The number of rotatable bonds is 14. The van der Waals surface area contributed by atoms with Crippen molar-refractivity contribution in [3.8, 4) is 12.1 Å². The van der Waals surface area contributed by atoms with Crippen LogP contribution in [0.4, 0.5) is 0 Å². The van der Waals surface area contributed by atoms with Gasteiger partial charge in [0.05, 0.1) is 23.3 Å². The summed E-state index contributed by atoms with van der Waals surface area (Å²) in [6.45, 7) is 7.79. The molecule has 6 heterocycles. The van der Waals surface area contributed by atoms with Crippen LogP contribution in [0.15, 0.2) is 106 Å². The van der Waals surface area contributed by atoms with Crippen LogP contribution in [0.5, 0.6) is 0 Å². The van der Waals surface area contributed by atoms with Crippen LogP contribution in [0.25, 0.3) is 43.7 Å². The summed E-state index contributed by atoms with van der Waals surface area (Å²) < 4.78 is 11.1. The van der Waals surface area contributed by atoms with E-state index in [-0.39, 0.29) is 64.8 Å². The van der Waals surface area contributed by atoms with E-state index in [9.17, 15) is 20.1 Å². The second kappa shape index (κ2) is 25.9. The van der Waals surface area contributed by atoms with E-state index < -0.39 is 11.8 Å². The normalized spacial score (nSPS) is 15.7. The number of aryl methyl sites for hydroxylation is 2. The second-order valence-electron chi connectivity index (χ2n) is 17.3. The highest BCUT2D eigenvalue weighted by Crippen LogP contribution is 2.31. The molecule has 0 spiro atoms. The number of halogens is 2. The van der Waals surface area contributed by atoms with Gasteiger partial charge >= 0.3 is 0 Å². The molecule has 14 N–H and O–H groups in total. The van der Waals surface area contributed by atoms with Gasteiger partial charge in [-0.3, -0.25) is 19.4 Å². The number of H-pyrrole nitrogens is 2. The smallest absolute Gasteiger partial charge is 0.284 e. The van der Waals surface area contributed by atoms with Crippen LogP contribution >= 0.6 is 24.8 Å². The maximum atomic E-state index is 11.4. The number of hydrogen-bond acceptors (Lipinski definition) is 10. The fourth-order valence-corrected chi connectivity index (χ4v) is 9.64. The van der Waals surface area contributed by atoms with Gasteiger partial charge in [0.1, 0.15) is 11.2 Å². The van der Waals surface area contributed by atoms with Gasteiger partial charge in [0.25, 0.3) is 11.8 Å². The molecule has 2 fully saturated rings. The summed E-state index contributed by atoms with van der Waals surface area (Å²) in [7, 11) is 0. The zero-order valence-electron chi connectivity index (χ0n) is 39.2. The Labute approximate surface area is 423 Å². The molecule has 2 aliphatic rings. The molecule has 2 atom stereocenters. The number of carbonyl (C=O) groups is 2. The summed E-state index contributed by atoms with van der Waals surface area (Å²) in [5.74, 6) is -0.708. The Bertz CT molecular complexity index is 2920. The Morgan fingerprint density at radius 3 is 1.41 bits per heavy atom. The Kier molecular flexibility index (Phi) is 20.8. The molecule has 0 radical (unpaired) electrons. The van der Waals surface area contributed by atoms with Gasteiger partial charge in [0.15, 0.2) is 11.5 Å². The van der Waals surface area contributed by atoms with Gasteiger partial charge in [-0.15, -0.1) is 24.8 Å². The second-order valence-corrected chi connectivity index (χ2v) is 17.3. The van der Waals surface area contributed by atoms with Crippen molar-refractivity contribution in [2.75, 3.05) is 52.4 Å². The lowest BCUT2D eigenvalue weighted by Crippen LogP contribution is -2.46. The molecule has 0 aliphatic carbocycles. The first-order valence-electron chi connectivity index (χ1n) is 22.8. The third-order valence-electron chi connectivity index (χ3n) is 13.1. The Morgan fingerprint density at radius 2 is 1.01 bits per heavy atom. The van der Waals surface area contributed by atoms with E-state index in [2.05, 4.69) is 79.2 Å². The van der Waals surface area contributed by atoms with E-state index in [1.54, 1.807) is 12.1 Å². The topological polar surface area (TPSA) is 317 Å². The molecule has 2 saturated heterocycles. The predicted octanol–water partition coefficient (Wildman–Crippen LogP) is 6.08. The number of unbranched alkanes of at least 4 members (excludes halogenated alkanes) is 2. The van der Waals surface area contributed by atoms with Gasteiger partial charge in [-0.05, 0) is 147 Å².